The third-order valence-electron chi connectivity index (χ3n) is 4.12. The minimum Gasteiger partial charge on any atom is -0.497 e. The lowest BCUT2D eigenvalue weighted by molar-refractivity contribution is -0.121. The maximum atomic E-state index is 12.6. The minimum absolute atomic E-state index is 0.0861. The van der Waals surface area contributed by atoms with Crippen LogP contribution in [0.3, 0.4) is 0 Å². The summed E-state index contributed by atoms with van der Waals surface area (Å²) < 4.78 is 6.15. The Balaban J connectivity index is 1.46. The van der Waals surface area contributed by atoms with Gasteiger partial charge in [0, 0.05) is 0 Å². The number of ether oxygens (including phenoxy) is 1. The Morgan fingerprint density at radius 1 is 1.15 bits per heavy atom. The number of carbonyl (C=O) groups is 2. The van der Waals surface area contributed by atoms with Gasteiger partial charge in [0.25, 0.3) is 5.91 Å². The fraction of sp³-hybridized carbons (Fsp3) is 0.167. The molecule has 1 aliphatic heterocycles. The summed E-state index contributed by atoms with van der Waals surface area (Å²) in [6.45, 7) is 0. The Labute approximate surface area is 153 Å². The summed E-state index contributed by atoms with van der Waals surface area (Å²) in [5, 5.41) is 0.648. The van der Waals surface area contributed by atoms with Gasteiger partial charge in [-0.1, -0.05) is 23.5 Å². The predicted molar refractivity (Wildman–Crippen MR) is 100 cm³/mol. The van der Waals surface area contributed by atoms with Crippen LogP contribution in [-0.2, 0) is 9.59 Å². The number of aromatic nitrogens is 1. The molecule has 0 bridgehead atoms. The van der Waals surface area contributed by atoms with Crippen molar-refractivity contribution in [2.75, 3.05) is 17.4 Å². The van der Waals surface area contributed by atoms with Crippen molar-refractivity contribution in [3.05, 3.63) is 48.5 Å². The van der Waals surface area contributed by atoms with Crippen molar-refractivity contribution in [2.45, 2.75) is 12.5 Å². The summed E-state index contributed by atoms with van der Waals surface area (Å²) in [5.41, 5.74) is 7.29. The number of rotatable bonds is 5. The molecule has 26 heavy (non-hydrogen) atoms. The first-order valence-corrected chi connectivity index (χ1v) is 8.85. The quantitative estimate of drug-likeness (QED) is 0.532. The molecule has 1 atom stereocenters. The molecule has 0 spiro atoms. The minimum atomic E-state index is -0.642. The van der Waals surface area contributed by atoms with Gasteiger partial charge in [-0.2, -0.15) is 0 Å². The standard InChI is InChI=1S/C18H16N4O3S/c1-25-12-8-6-11(7-9-12)22-16(23)10-14(17(22)24)20-21-18-19-13-4-2-3-5-15(13)26-18/h2-9,14,20H,10H2,1H3,(H,19,21)/t14-/m1/s1. The number of hydrogen-bond acceptors (Lipinski definition) is 7. The number of hydrazine groups is 1. The number of methoxy groups -OCH3 is 1. The number of amides is 2. The third-order valence-corrected chi connectivity index (χ3v) is 5.08. The highest BCUT2D eigenvalue weighted by Crippen LogP contribution is 2.27. The van der Waals surface area contributed by atoms with E-state index in [1.54, 1.807) is 31.4 Å². The highest BCUT2D eigenvalue weighted by Gasteiger charge is 2.39. The van der Waals surface area contributed by atoms with Crippen molar-refractivity contribution in [3.63, 3.8) is 0 Å². The third kappa shape index (κ3) is 3.00. The molecule has 7 nitrogen and oxygen atoms in total. The van der Waals surface area contributed by atoms with E-state index in [-0.39, 0.29) is 18.2 Å². The second kappa shape index (κ2) is 6.74. The average Bonchev–Trinajstić information content (AvgIpc) is 3.20. The highest BCUT2D eigenvalue weighted by molar-refractivity contribution is 7.22. The van der Waals surface area contributed by atoms with Crippen molar-refractivity contribution in [3.8, 4) is 5.75 Å². The Kier molecular flexibility index (Phi) is 4.27. The number of fused-ring (bicyclic) bond motifs is 1. The molecule has 2 aromatic carbocycles. The molecule has 0 saturated carbocycles. The molecule has 0 unspecified atom stereocenters. The molecule has 2 N–H and O–H groups in total. The van der Waals surface area contributed by atoms with Crippen molar-refractivity contribution in [1.82, 2.24) is 10.4 Å². The number of hydrogen-bond donors (Lipinski definition) is 2. The zero-order valence-corrected chi connectivity index (χ0v) is 14.7. The number of nitrogens with zero attached hydrogens (tertiary/aromatic N) is 2. The molecule has 4 rings (SSSR count). The lowest BCUT2D eigenvalue weighted by Gasteiger charge is -2.16. The number of anilines is 2. The molecule has 2 heterocycles. The smallest absolute Gasteiger partial charge is 0.253 e. The predicted octanol–water partition coefficient (Wildman–Crippen LogP) is 2.55. The number of carbonyl (C=O) groups excluding carboxylic acids is 2. The van der Waals surface area contributed by atoms with E-state index in [1.165, 1.54) is 16.2 Å². The molecule has 2 amide bonds. The maximum absolute atomic E-state index is 12.6. The average molecular weight is 368 g/mol. The molecule has 1 aromatic heterocycles. The van der Waals surface area contributed by atoms with Crippen LogP contribution in [0.2, 0.25) is 0 Å². The lowest BCUT2D eigenvalue weighted by atomic mass is 10.2. The second-order valence-corrected chi connectivity index (χ2v) is 6.81. The Morgan fingerprint density at radius 2 is 1.92 bits per heavy atom. The van der Waals surface area contributed by atoms with Gasteiger partial charge in [0.15, 0.2) is 5.13 Å². The highest BCUT2D eigenvalue weighted by atomic mass is 32.1. The van der Waals surface area contributed by atoms with E-state index >= 15 is 0 Å². The fourth-order valence-electron chi connectivity index (χ4n) is 2.82. The molecule has 3 aromatic rings. The van der Waals surface area contributed by atoms with Crippen LogP contribution in [0.1, 0.15) is 6.42 Å². The molecule has 1 fully saturated rings. The summed E-state index contributed by atoms with van der Waals surface area (Å²) in [6, 6.07) is 14.0. The normalized spacial score (nSPS) is 17.1. The first-order chi connectivity index (χ1) is 12.7. The molecule has 0 aliphatic carbocycles. The number of nitrogens with one attached hydrogen (secondary N) is 2. The van der Waals surface area contributed by atoms with Gasteiger partial charge in [0.05, 0.1) is 29.4 Å². The zero-order chi connectivity index (χ0) is 18.1. The van der Waals surface area contributed by atoms with Crippen LogP contribution in [0, 0.1) is 0 Å². The first kappa shape index (κ1) is 16.5. The maximum Gasteiger partial charge on any atom is 0.253 e. The second-order valence-electron chi connectivity index (χ2n) is 5.78. The van der Waals surface area contributed by atoms with E-state index in [0.717, 1.165) is 10.2 Å². The van der Waals surface area contributed by atoms with E-state index in [1.807, 2.05) is 24.3 Å². The van der Waals surface area contributed by atoms with Crippen LogP contribution in [0.5, 0.6) is 5.75 Å². The fourth-order valence-corrected chi connectivity index (χ4v) is 3.65. The van der Waals surface area contributed by atoms with Gasteiger partial charge >= 0.3 is 0 Å². The van der Waals surface area contributed by atoms with Crippen molar-refractivity contribution >= 4 is 44.2 Å². The Bertz CT molecular complexity index is 937. The molecule has 132 valence electrons. The van der Waals surface area contributed by atoms with E-state index in [4.69, 9.17) is 4.74 Å². The zero-order valence-electron chi connectivity index (χ0n) is 13.9. The van der Waals surface area contributed by atoms with Crippen LogP contribution in [0.25, 0.3) is 10.2 Å². The molecule has 1 saturated heterocycles. The molecule has 1 aliphatic rings. The van der Waals surface area contributed by atoms with Crippen molar-refractivity contribution < 1.29 is 14.3 Å². The van der Waals surface area contributed by atoms with Crippen molar-refractivity contribution in [1.29, 1.82) is 0 Å². The SMILES string of the molecule is COc1ccc(N2C(=O)C[C@@H](NNc3nc4ccccc4s3)C2=O)cc1. The van der Waals surface area contributed by atoms with Crippen LogP contribution in [0.15, 0.2) is 48.5 Å². The molecule has 0 radical (unpaired) electrons. The van der Waals surface area contributed by atoms with Crippen LogP contribution < -0.4 is 20.5 Å². The number of benzene rings is 2. The molecular weight excluding hydrogens is 352 g/mol. The molecule has 8 heteroatoms. The summed E-state index contributed by atoms with van der Waals surface area (Å²) in [5.74, 6) is 0.123. The Hall–Kier alpha value is -2.97. The topological polar surface area (TPSA) is 83.6 Å². The van der Waals surface area contributed by atoms with E-state index in [2.05, 4.69) is 15.8 Å². The monoisotopic (exact) mass is 368 g/mol. The van der Waals surface area contributed by atoms with Crippen LogP contribution in [-0.4, -0.2) is 29.9 Å². The summed E-state index contributed by atoms with van der Waals surface area (Å²) in [4.78, 5) is 30.5. The van der Waals surface area contributed by atoms with Gasteiger partial charge in [-0.05, 0) is 36.4 Å². The number of imide groups is 1. The van der Waals surface area contributed by atoms with Gasteiger partial charge in [0.1, 0.15) is 11.8 Å². The number of thiazole rings is 1. The van der Waals surface area contributed by atoms with Gasteiger partial charge in [-0.25, -0.2) is 15.3 Å². The van der Waals surface area contributed by atoms with Gasteiger partial charge < -0.3 is 4.74 Å². The van der Waals surface area contributed by atoms with E-state index in [0.29, 0.717) is 16.6 Å². The lowest BCUT2D eigenvalue weighted by Crippen LogP contribution is -2.41. The summed E-state index contributed by atoms with van der Waals surface area (Å²) in [6.07, 6.45) is 0.0861. The largest absolute Gasteiger partial charge is 0.497 e. The van der Waals surface area contributed by atoms with Gasteiger partial charge in [-0.15, -0.1) is 0 Å². The van der Waals surface area contributed by atoms with Crippen LogP contribution >= 0.6 is 11.3 Å². The van der Waals surface area contributed by atoms with Gasteiger partial charge in [-0.3, -0.25) is 15.0 Å². The number of para-hydroxylation sites is 1. The summed E-state index contributed by atoms with van der Waals surface area (Å²) in [7, 11) is 1.56. The van der Waals surface area contributed by atoms with E-state index < -0.39 is 6.04 Å². The summed E-state index contributed by atoms with van der Waals surface area (Å²) >= 11 is 1.48. The van der Waals surface area contributed by atoms with E-state index in [9.17, 15) is 9.59 Å². The molecular formula is C18H16N4O3S. The van der Waals surface area contributed by atoms with Crippen LogP contribution in [0.4, 0.5) is 10.8 Å². The first-order valence-electron chi connectivity index (χ1n) is 8.03. The Morgan fingerprint density at radius 3 is 2.65 bits per heavy atom. The van der Waals surface area contributed by atoms with Crippen molar-refractivity contribution in [2.24, 2.45) is 0 Å². The van der Waals surface area contributed by atoms with Gasteiger partial charge in [0.2, 0.25) is 5.91 Å².